The van der Waals surface area contributed by atoms with E-state index in [1.807, 2.05) is 325 Å². The van der Waals surface area contributed by atoms with E-state index in [-0.39, 0.29) is 0 Å². The maximum absolute atomic E-state index is 4.24. The summed E-state index contributed by atoms with van der Waals surface area (Å²) in [6, 6.07) is 43.7. The number of nitrogens with zero attached hydrogens (tertiary/aromatic N) is 16. The molecular weight excluding hydrogens is 1280 g/mol. The number of para-hydroxylation sites is 1. The number of rotatable bonds is 0. The van der Waals surface area contributed by atoms with Crippen LogP contribution in [0, 0.1) is 55.4 Å². The van der Waals surface area contributed by atoms with Gasteiger partial charge in [-0.1, -0.05) is 129 Å². The van der Waals surface area contributed by atoms with E-state index in [1.54, 1.807) is 68.3 Å². The number of aryl methyl sites for hydroxylation is 8. The van der Waals surface area contributed by atoms with Crippen LogP contribution in [-0.2, 0) is 0 Å². The minimum Gasteiger partial charge on any atom is -0.264 e. The fourth-order valence-corrected chi connectivity index (χ4v) is 8.81. The second-order valence-corrected chi connectivity index (χ2v) is 20.2. The minimum atomic E-state index is 0.818. The molecule has 16 rings (SSSR count). The first-order valence-corrected chi connectivity index (χ1v) is 36.3. The fourth-order valence-electron chi connectivity index (χ4n) is 8.81. The van der Waals surface area contributed by atoms with Gasteiger partial charge in [0.05, 0.1) is 44.8 Å². The summed E-state index contributed by atoms with van der Waals surface area (Å²) in [4.78, 5) is 66.3. The van der Waals surface area contributed by atoms with Gasteiger partial charge >= 0.3 is 0 Å². The topological polar surface area (TPSA) is 206 Å². The van der Waals surface area contributed by atoms with Crippen LogP contribution in [0.15, 0.2) is 245 Å². The van der Waals surface area contributed by atoms with Crippen molar-refractivity contribution in [1.29, 1.82) is 0 Å². The third-order valence-corrected chi connectivity index (χ3v) is 13.3. The molecule has 16 nitrogen and oxygen atoms in total. The maximum Gasteiger partial charge on any atom is 0.159 e. The van der Waals surface area contributed by atoms with E-state index in [2.05, 4.69) is 97.9 Å². The molecule has 0 amide bonds. The van der Waals surface area contributed by atoms with Crippen LogP contribution in [0.2, 0.25) is 0 Å². The number of aromatic nitrogens is 16. The number of hydrogen-bond donors (Lipinski definition) is 0. The van der Waals surface area contributed by atoms with Crippen LogP contribution in [-0.4, -0.2) is 79.7 Å². The number of fused-ring (bicyclic) bond motifs is 8. The predicted molar refractivity (Wildman–Crippen MR) is 445 cm³/mol. The van der Waals surface area contributed by atoms with Gasteiger partial charge in [0.15, 0.2) is 5.65 Å². The summed E-state index contributed by atoms with van der Waals surface area (Å²) >= 11 is 0. The Morgan fingerprint density at radius 2 is 0.635 bits per heavy atom. The van der Waals surface area contributed by atoms with E-state index in [0.717, 1.165) is 110 Å². The average Bonchev–Trinajstić information content (AvgIpc) is 0.831. The van der Waals surface area contributed by atoms with E-state index in [0.29, 0.717) is 0 Å². The normalized spacial score (nSPS) is 9.15. The van der Waals surface area contributed by atoms with Crippen LogP contribution >= 0.6 is 0 Å². The van der Waals surface area contributed by atoms with Crippen LogP contribution < -0.4 is 0 Å². The minimum absolute atomic E-state index is 0.818. The van der Waals surface area contributed by atoms with Gasteiger partial charge < -0.3 is 0 Å². The van der Waals surface area contributed by atoms with Gasteiger partial charge in [0.2, 0.25) is 0 Å². The zero-order valence-electron chi connectivity index (χ0n) is 66.2. The first-order valence-electron chi connectivity index (χ1n) is 36.3. The molecule has 15 heterocycles. The maximum atomic E-state index is 4.24. The molecule has 0 spiro atoms. The number of pyridine rings is 14. The Morgan fingerprint density at radius 3 is 1.29 bits per heavy atom. The quantitative estimate of drug-likeness (QED) is 0.138. The molecule has 0 fully saturated rings. The molecule has 0 saturated heterocycles. The van der Waals surface area contributed by atoms with Gasteiger partial charge in [-0.25, -0.2) is 19.9 Å². The zero-order valence-corrected chi connectivity index (χ0v) is 66.2. The van der Waals surface area contributed by atoms with Crippen molar-refractivity contribution in [1.82, 2.24) is 79.7 Å². The third-order valence-electron chi connectivity index (χ3n) is 13.3. The van der Waals surface area contributed by atoms with Gasteiger partial charge in [-0.2, -0.15) is 0 Å². The zero-order chi connectivity index (χ0) is 77.5. The molecule has 0 aliphatic carbocycles. The molecular formula is C88H112N16. The molecule has 0 bridgehead atoms. The van der Waals surface area contributed by atoms with Gasteiger partial charge in [-0.3, -0.25) is 59.8 Å². The second kappa shape index (κ2) is 55.2. The molecule has 0 unspecified atom stereocenters. The van der Waals surface area contributed by atoms with Crippen molar-refractivity contribution in [3.63, 3.8) is 0 Å². The van der Waals surface area contributed by atoms with Crippen LogP contribution in [0.1, 0.15) is 156 Å². The van der Waals surface area contributed by atoms with E-state index >= 15 is 0 Å². The average molecular weight is 1390 g/mol. The highest BCUT2D eigenvalue weighted by Gasteiger charge is 2.00. The largest absolute Gasteiger partial charge is 0.264 e. The number of benzene rings is 1. The van der Waals surface area contributed by atoms with E-state index in [1.165, 1.54) is 22.1 Å². The molecule has 16 aromatic rings. The summed E-state index contributed by atoms with van der Waals surface area (Å²) in [6.07, 6.45) is 32.3. The summed E-state index contributed by atoms with van der Waals surface area (Å²) in [7, 11) is 0. The predicted octanol–water partition coefficient (Wildman–Crippen LogP) is 23.7. The Kier molecular flexibility index (Phi) is 48.0. The Morgan fingerprint density at radius 1 is 0.202 bits per heavy atom. The Balaban J connectivity index is 0.000000578. The molecule has 0 saturated carbocycles. The van der Waals surface area contributed by atoms with Crippen molar-refractivity contribution in [3.8, 4) is 0 Å². The first-order chi connectivity index (χ1) is 50.9. The van der Waals surface area contributed by atoms with Crippen molar-refractivity contribution in [2.24, 2.45) is 0 Å². The monoisotopic (exact) mass is 1390 g/mol. The Bertz CT molecular complexity index is 4240. The van der Waals surface area contributed by atoms with Crippen LogP contribution in [0.4, 0.5) is 0 Å². The summed E-state index contributed by atoms with van der Waals surface area (Å²) in [5.41, 5.74) is 16.6. The molecule has 15 aromatic heterocycles. The van der Waals surface area contributed by atoms with Gasteiger partial charge in [-0.15, -0.1) is 0 Å². The molecule has 104 heavy (non-hydrogen) atoms. The van der Waals surface area contributed by atoms with E-state index in [9.17, 15) is 0 Å². The lowest BCUT2D eigenvalue weighted by atomic mass is 10.2. The molecule has 0 atom stereocenters. The summed E-state index contributed by atoms with van der Waals surface area (Å²) in [5.74, 6) is 0. The highest BCUT2D eigenvalue weighted by atomic mass is 14.8. The van der Waals surface area contributed by atoms with Crippen molar-refractivity contribution in [2.45, 2.75) is 166 Å². The highest BCUT2D eigenvalue weighted by molar-refractivity contribution is 5.84. The molecule has 16 heteroatoms. The molecule has 0 aliphatic rings. The van der Waals surface area contributed by atoms with Crippen molar-refractivity contribution >= 4 is 87.4 Å². The van der Waals surface area contributed by atoms with Crippen molar-refractivity contribution in [2.75, 3.05) is 0 Å². The van der Waals surface area contributed by atoms with E-state index < -0.39 is 0 Å². The highest BCUT2D eigenvalue weighted by Crippen LogP contribution is 2.17. The lowest BCUT2D eigenvalue weighted by Crippen LogP contribution is -1.85. The standard InChI is InChI=1S/8C9H8N2.8C2H6/c1-7-9-3-4-10-6-8(9)2-5-11-7;1-7-4-8-6-10-3-2-9(8)11-5-7;1-7-4-8-2-3-10-6-9(8)11-5-7;1-7-8-3-2-5-11-9(8)4-6-10-7;1-7-5-9-8(6-11-7)3-2-4-10-9;1-7-5-9-8(11-6-7)3-2-4-10-9;1-7-5-8-3-2-4-10-9(8)11-6-7;1-7-8-4-2-3-5-9(8)11-6-10-7;8*1-2/h8*2-6H,1H3;8*1-2H3. The van der Waals surface area contributed by atoms with Crippen LogP contribution in [0.25, 0.3) is 87.4 Å². The molecule has 0 aliphatic heterocycles. The second-order valence-electron chi connectivity index (χ2n) is 20.2. The van der Waals surface area contributed by atoms with Gasteiger partial charge in [0.1, 0.15) is 6.33 Å². The number of hydrogen-bond acceptors (Lipinski definition) is 16. The van der Waals surface area contributed by atoms with Crippen LogP contribution in [0.5, 0.6) is 0 Å². The summed E-state index contributed by atoms with van der Waals surface area (Å²) in [6.45, 7) is 48.1. The lowest BCUT2D eigenvalue weighted by Gasteiger charge is -1.97. The van der Waals surface area contributed by atoms with Crippen molar-refractivity contribution in [3.05, 3.63) is 290 Å². The summed E-state index contributed by atoms with van der Waals surface area (Å²) < 4.78 is 0. The summed E-state index contributed by atoms with van der Waals surface area (Å²) in [5, 5.41) is 9.06. The molecule has 0 radical (unpaired) electrons. The lowest BCUT2D eigenvalue weighted by molar-refractivity contribution is 1.15. The van der Waals surface area contributed by atoms with Gasteiger partial charge in [-0.05, 0) is 193 Å². The smallest absolute Gasteiger partial charge is 0.159 e. The van der Waals surface area contributed by atoms with Crippen LogP contribution in [0.3, 0.4) is 0 Å². The Labute approximate surface area is 620 Å². The SMILES string of the molecule is CC.CC.CC.CC.CC.CC.CC.CC.Cc1cc2ncccc2cn1.Cc1cnc2cccnc2c1.Cc1cnc2ccncc2c1.Cc1cnc2cnccc2c1.Cc1cnc2ncccc2c1.Cc1nccc2cnccc12.Cc1nccc2ncccc12.Cc1ncnc2ccccc12. The van der Waals surface area contributed by atoms with Crippen molar-refractivity contribution < 1.29 is 0 Å². The first kappa shape index (κ1) is 90.5. The van der Waals surface area contributed by atoms with Gasteiger partial charge in [0, 0.05) is 165 Å². The third kappa shape index (κ3) is 31.6. The molecule has 544 valence electrons. The van der Waals surface area contributed by atoms with Gasteiger partial charge in [0.25, 0.3) is 0 Å². The van der Waals surface area contributed by atoms with E-state index in [4.69, 9.17) is 0 Å². The molecule has 0 N–H and O–H groups in total. The fraction of sp³-hybridized carbons (Fsp3) is 0.273. The molecule has 1 aromatic carbocycles. The Hall–Kier alpha value is -11.5.